The summed E-state index contributed by atoms with van der Waals surface area (Å²) < 4.78 is 5.22. The van der Waals surface area contributed by atoms with Crippen molar-refractivity contribution in [2.75, 3.05) is 4.90 Å². The third kappa shape index (κ3) is 5.03. The van der Waals surface area contributed by atoms with E-state index in [1.165, 1.54) is 143 Å². The molecule has 13 rings (SSSR count). The number of nitrogens with zero attached hydrogens (tertiary/aromatic N) is 3. The molecule has 0 saturated carbocycles. The lowest BCUT2D eigenvalue weighted by Gasteiger charge is -2.38. The zero-order valence-corrected chi connectivity index (χ0v) is 37.2. The fourth-order valence-corrected chi connectivity index (χ4v) is 13.0. The average molecular weight is 826 g/mol. The first-order chi connectivity index (χ1) is 30.7. The van der Waals surface area contributed by atoms with E-state index in [0.29, 0.717) is 0 Å². The number of hydrogen-bond donors (Lipinski definition) is 0. The fourth-order valence-electron chi connectivity index (χ4n) is 12.0. The molecule has 0 radical (unpaired) electrons. The van der Waals surface area contributed by atoms with Crippen molar-refractivity contribution in [2.24, 2.45) is 0 Å². The second kappa shape index (κ2) is 13.2. The van der Waals surface area contributed by atoms with Crippen LogP contribution in [0.25, 0.3) is 82.0 Å². The van der Waals surface area contributed by atoms with E-state index >= 15 is 0 Å². The summed E-state index contributed by atoms with van der Waals surface area (Å²) in [6, 6.07) is 57.5. The van der Waals surface area contributed by atoms with Gasteiger partial charge in [-0.05, 0) is 146 Å². The van der Waals surface area contributed by atoms with Crippen LogP contribution in [0, 0.1) is 41.5 Å². The molecule has 11 aromatic rings. The van der Waals surface area contributed by atoms with Gasteiger partial charge in [-0.2, -0.15) is 0 Å². The fraction of sp³-hybridized carbons (Fsp3) is 0.103. The minimum atomic E-state index is -0.0200. The lowest BCUT2D eigenvalue weighted by molar-refractivity contribution is 1.19. The highest BCUT2D eigenvalue weighted by atomic mass is 32.1. The first-order valence-electron chi connectivity index (χ1n) is 22.1. The predicted molar refractivity (Wildman–Crippen MR) is 271 cm³/mol. The molecular weight excluding hydrogens is 782 g/mol. The molecule has 3 nitrogen and oxygen atoms in total. The third-order valence-electron chi connectivity index (χ3n) is 14.0. The van der Waals surface area contributed by atoms with Gasteiger partial charge in [0, 0.05) is 65.5 Å². The number of fused-ring (bicyclic) bond motifs is 11. The Hall–Kier alpha value is -7.08. The van der Waals surface area contributed by atoms with Gasteiger partial charge in [-0.1, -0.05) is 114 Å². The number of thiophene rings is 1. The van der Waals surface area contributed by atoms with Gasteiger partial charge in [0.15, 0.2) is 0 Å². The van der Waals surface area contributed by atoms with Crippen molar-refractivity contribution in [3.63, 3.8) is 0 Å². The summed E-state index contributed by atoms with van der Waals surface area (Å²) >= 11 is 1.91. The maximum absolute atomic E-state index is 2.71. The molecule has 5 heteroatoms. The normalized spacial score (nSPS) is 12.9. The maximum Gasteiger partial charge on any atom is 0.333 e. The molecule has 3 aromatic heterocycles. The molecule has 5 heterocycles. The molecule has 0 fully saturated rings. The smallest absolute Gasteiger partial charge is 0.333 e. The Morgan fingerprint density at radius 3 is 1.81 bits per heavy atom. The minimum Gasteiger partial charge on any atom is -0.375 e. The van der Waals surface area contributed by atoms with Crippen molar-refractivity contribution >= 4 is 89.8 Å². The standard InChI is InChI=1S/C58H44BN3S/c1-33-25-35(3)52(36(4)26-33)39-15-14-18-42(29-39)60-50-30-40(53-37(5)27-34(2)28-38(53)6)23-24-47(50)59-55-51(60)32-63-58(55)46-31-45-43-19-10-12-21-48(43)61(41-16-8-7-9-17-41)56(45)54-44-20-11-13-22-49(44)62(59)57(46)54/h7-32H,1-6H3. The maximum atomic E-state index is 2.71. The summed E-state index contributed by atoms with van der Waals surface area (Å²) in [5.74, 6) is 0. The van der Waals surface area contributed by atoms with E-state index in [0.717, 1.165) is 0 Å². The van der Waals surface area contributed by atoms with Gasteiger partial charge in [-0.15, -0.1) is 11.3 Å². The number of benzene rings is 8. The predicted octanol–water partition coefficient (Wildman–Crippen LogP) is 14.6. The Bertz CT molecular complexity index is 3720. The van der Waals surface area contributed by atoms with Crippen LogP contribution in [0.3, 0.4) is 0 Å². The number of rotatable bonds is 4. The first kappa shape index (κ1) is 36.6. The average Bonchev–Trinajstić information content (AvgIpc) is 3.96. The number of aromatic nitrogens is 2. The van der Waals surface area contributed by atoms with Crippen molar-refractivity contribution in [3.05, 3.63) is 190 Å². The van der Waals surface area contributed by atoms with Crippen molar-refractivity contribution in [2.45, 2.75) is 41.5 Å². The highest BCUT2D eigenvalue weighted by Gasteiger charge is 2.44. The van der Waals surface area contributed by atoms with E-state index in [1.807, 2.05) is 11.3 Å². The number of para-hydroxylation sites is 3. The SMILES string of the molecule is Cc1cc(C)c(-c2cccc(N3c4cc(-c5c(C)cc(C)cc5C)ccc4B4c5c3csc5-c3cc5c6ccccc6n(-c6ccccc6)c5c5c6ccccc6n4c35)c2)c(C)c1. The molecule has 0 aliphatic carbocycles. The van der Waals surface area contributed by atoms with Gasteiger partial charge >= 0.3 is 6.85 Å². The monoisotopic (exact) mass is 825 g/mol. The second-order valence-electron chi connectivity index (χ2n) is 18.1. The molecule has 0 spiro atoms. The van der Waals surface area contributed by atoms with Gasteiger partial charge < -0.3 is 13.9 Å². The summed E-state index contributed by atoms with van der Waals surface area (Å²) in [6.07, 6.45) is 0. The Balaban J connectivity index is 1.15. The summed E-state index contributed by atoms with van der Waals surface area (Å²) in [7, 11) is 0. The highest BCUT2D eigenvalue weighted by molar-refractivity contribution is 7.17. The van der Waals surface area contributed by atoms with Crippen LogP contribution in [0.4, 0.5) is 17.1 Å². The molecule has 0 amide bonds. The van der Waals surface area contributed by atoms with Crippen LogP contribution in [-0.4, -0.2) is 15.9 Å². The highest BCUT2D eigenvalue weighted by Crippen LogP contribution is 2.52. The van der Waals surface area contributed by atoms with Crippen LogP contribution in [0.1, 0.15) is 33.4 Å². The van der Waals surface area contributed by atoms with Gasteiger partial charge in [0.1, 0.15) is 0 Å². The van der Waals surface area contributed by atoms with Crippen LogP contribution in [0.2, 0.25) is 0 Å². The topological polar surface area (TPSA) is 13.1 Å². The third-order valence-corrected chi connectivity index (χ3v) is 15.1. The number of hydrogen-bond acceptors (Lipinski definition) is 2. The van der Waals surface area contributed by atoms with Crippen molar-refractivity contribution in [1.82, 2.24) is 9.05 Å². The van der Waals surface area contributed by atoms with E-state index in [4.69, 9.17) is 0 Å². The largest absolute Gasteiger partial charge is 0.375 e. The zero-order chi connectivity index (χ0) is 42.4. The van der Waals surface area contributed by atoms with Gasteiger partial charge in [0.05, 0.1) is 16.7 Å². The molecule has 2 aliphatic heterocycles. The summed E-state index contributed by atoms with van der Waals surface area (Å²) in [5.41, 5.74) is 26.9. The van der Waals surface area contributed by atoms with Crippen LogP contribution < -0.4 is 15.8 Å². The van der Waals surface area contributed by atoms with Crippen LogP contribution in [0.5, 0.6) is 0 Å². The van der Waals surface area contributed by atoms with Gasteiger partial charge in [-0.3, -0.25) is 0 Å². The van der Waals surface area contributed by atoms with E-state index < -0.39 is 0 Å². The molecular formula is C58H44BN3S. The summed E-state index contributed by atoms with van der Waals surface area (Å²) in [6.45, 7) is 13.4. The molecule has 0 bridgehead atoms. The summed E-state index contributed by atoms with van der Waals surface area (Å²) in [5, 5.41) is 7.63. The van der Waals surface area contributed by atoms with E-state index in [-0.39, 0.29) is 6.85 Å². The Morgan fingerprint density at radius 1 is 0.476 bits per heavy atom. The molecule has 0 N–H and O–H groups in total. The Kier molecular flexibility index (Phi) is 7.67. The van der Waals surface area contributed by atoms with Crippen LogP contribution in [0.15, 0.2) is 157 Å². The Morgan fingerprint density at radius 2 is 1.10 bits per heavy atom. The quantitative estimate of drug-likeness (QED) is 0.161. The van der Waals surface area contributed by atoms with E-state index in [2.05, 4.69) is 213 Å². The zero-order valence-electron chi connectivity index (χ0n) is 36.3. The van der Waals surface area contributed by atoms with Gasteiger partial charge in [-0.25, -0.2) is 0 Å². The number of aryl methyl sites for hydroxylation is 6. The molecule has 300 valence electrons. The molecule has 2 aliphatic rings. The molecule has 0 saturated heterocycles. The van der Waals surface area contributed by atoms with Crippen molar-refractivity contribution in [3.8, 4) is 38.4 Å². The van der Waals surface area contributed by atoms with E-state index in [9.17, 15) is 0 Å². The van der Waals surface area contributed by atoms with Crippen LogP contribution >= 0.6 is 11.3 Å². The van der Waals surface area contributed by atoms with Crippen molar-refractivity contribution < 1.29 is 0 Å². The molecule has 0 unspecified atom stereocenters. The lowest BCUT2D eigenvalue weighted by atomic mass is 9.46. The van der Waals surface area contributed by atoms with Crippen LogP contribution in [-0.2, 0) is 0 Å². The minimum absolute atomic E-state index is 0.0200. The Labute approximate surface area is 372 Å². The molecule has 8 aromatic carbocycles. The van der Waals surface area contributed by atoms with E-state index in [1.54, 1.807) is 0 Å². The lowest BCUT2D eigenvalue weighted by Crippen LogP contribution is -2.55. The molecule has 0 atom stereocenters. The summed E-state index contributed by atoms with van der Waals surface area (Å²) in [4.78, 5) is 3.94. The number of anilines is 3. The first-order valence-corrected chi connectivity index (χ1v) is 23.0. The van der Waals surface area contributed by atoms with Gasteiger partial charge in [0.25, 0.3) is 0 Å². The molecule has 63 heavy (non-hydrogen) atoms. The second-order valence-corrected chi connectivity index (χ2v) is 19.0. The van der Waals surface area contributed by atoms with Crippen molar-refractivity contribution in [1.29, 1.82) is 0 Å². The van der Waals surface area contributed by atoms with Gasteiger partial charge in [0.2, 0.25) is 0 Å².